The summed E-state index contributed by atoms with van der Waals surface area (Å²) < 4.78 is 15.5. The van der Waals surface area contributed by atoms with Crippen molar-refractivity contribution in [1.29, 1.82) is 0 Å². The minimum Gasteiger partial charge on any atom is -0.380 e. The van der Waals surface area contributed by atoms with Crippen molar-refractivity contribution in [2.45, 2.75) is 100 Å². The van der Waals surface area contributed by atoms with Crippen molar-refractivity contribution in [1.82, 2.24) is 30.5 Å². The van der Waals surface area contributed by atoms with Crippen LogP contribution in [0.5, 0.6) is 0 Å². The highest BCUT2D eigenvalue weighted by molar-refractivity contribution is 6.03. The monoisotopic (exact) mass is 865 g/mol. The molecule has 2 saturated heterocycles. The summed E-state index contributed by atoms with van der Waals surface area (Å²) in [5.74, 6) is 2.74. The summed E-state index contributed by atoms with van der Waals surface area (Å²) in [6.45, 7) is 23.4. The average molecular weight is 865 g/mol. The first-order valence-corrected chi connectivity index (χ1v) is 23.5. The third-order valence-corrected chi connectivity index (χ3v) is 12.4. The van der Waals surface area contributed by atoms with Crippen LogP contribution in [-0.2, 0) is 13.0 Å². The average Bonchev–Trinajstić information content (AvgIpc) is 4.14. The molecule has 1 saturated carbocycles. The Hall–Kier alpha value is -5.81. The molecule has 1 aliphatic carbocycles. The van der Waals surface area contributed by atoms with Crippen molar-refractivity contribution in [3.8, 4) is 11.3 Å². The van der Waals surface area contributed by atoms with Gasteiger partial charge in [-0.25, -0.2) is 19.3 Å². The molecule has 338 valence electrons. The van der Waals surface area contributed by atoms with E-state index in [0.29, 0.717) is 17.4 Å². The van der Waals surface area contributed by atoms with Crippen LogP contribution in [0, 0.1) is 24.1 Å². The van der Waals surface area contributed by atoms with Crippen molar-refractivity contribution >= 4 is 28.7 Å². The second kappa shape index (κ2) is 21.2. The number of rotatable bonds is 16. The Morgan fingerprint density at radius 3 is 2.39 bits per heavy atom. The lowest BCUT2D eigenvalue weighted by Crippen LogP contribution is -2.47. The molecule has 0 spiro atoms. The fourth-order valence-corrected chi connectivity index (χ4v) is 8.43. The molecule has 11 heteroatoms. The van der Waals surface area contributed by atoms with Gasteiger partial charge < -0.3 is 25.8 Å². The third kappa shape index (κ3) is 11.8. The Morgan fingerprint density at radius 2 is 1.73 bits per heavy atom. The lowest BCUT2D eigenvalue weighted by Gasteiger charge is -2.36. The normalized spacial score (nSPS) is 18.2. The maximum atomic E-state index is 15.5. The van der Waals surface area contributed by atoms with Gasteiger partial charge >= 0.3 is 0 Å². The maximum absolute atomic E-state index is 15.5. The lowest BCUT2D eigenvalue weighted by molar-refractivity contribution is 0.261. The number of aliphatic imine (C=N–C) groups is 1. The van der Waals surface area contributed by atoms with Crippen molar-refractivity contribution < 1.29 is 4.39 Å². The molecule has 10 nitrogen and oxygen atoms in total. The molecule has 3 N–H and O–H groups in total. The molecule has 0 radical (unpaired) electrons. The Labute approximate surface area is 381 Å². The predicted molar refractivity (Wildman–Crippen MR) is 264 cm³/mol. The van der Waals surface area contributed by atoms with Crippen LogP contribution in [0.25, 0.3) is 11.3 Å². The van der Waals surface area contributed by atoms with E-state index < -0.39 is 0 Å². The Kier molecular flexibility index (Phi) is 15.3. The third-order valence-electron chi connectivity index (χ3n) is 12.4. The van der Waals surface area contributed by atoms with Crippen LogP contribution in [0.15, 0.2) is 119 Å². The topological polar surface area (TPSA) is 96.8 Å². The van der Waals surface area contributed by atoms with Crippen LogP contribution in [0.3, 0.4) is 0 Å². The Morgan fingerprint density at radius 1 is 0.922 bits per heavy atom. The number of allylic oxidation sites excluding steroid dienone is 6. The van der Waals surface area contributed by atoms with Gasteiger partial charge in [-0.2, -0.15) is 0 Å². The molecule has 0 amide bonds. The summed E-state index contributed by atoms with van der Waals surface area (Å²) in [6, 6.07) is 18.4. The number of benzene rings is 2. The molecule has 2 aromatic carbocycles. The van der Waals surface area contributed by atoms with Gasteiger partial charge in [0, 0.05) is 86.6 Å². The van der Waals surface area contributed by atoms with Crippen LogP contribution in [-0.4, -0.2) is 64.8 Å². The van der Waals surface area contributed by atoms with E-state index in [1.165, 1.54) is 35.4 Å². The number of nitrogens with zero attached hydrogens (tertiary/aromatic N) is 7. The summed E-state index contributed by atoms with van der Waals surface area (Å²) in [4.78, 5) is 26.1. The van der Waals surface area contributed by atoms with Gasteiger partial charge in [-0.1, -0.05) is 71.0 Å². The van der Waals surface area contributed by atoms with Gasteiger partial charge in [0.2, 0.25) is 0 Å². The van der Waals surface area contributed by atoms with E-state index in [2.05, 4.69) is 144 Å². The molecule has 0 atom stereocenters. The van der Waals surface area contributed by atoms with Crippen LogP contribution >= 0.6 is 0 Å². The predicted octanol–water partition coefficient (Wildman–Crippen LogP) is 11.2. The largest absolute Gasteiger partial charge is 0.380 e. The highest BCUT2D eigenvalue weighted by Crippen LogP contribution is 2.36. The van der Waals surface area contributed by atoms with Gasteiger partial charge in [-0.05, 0) is 106 Å². The molecule has 64 heavy (non-hydrogen) atoms. The van der Waals surface area contributed by atoms with Gasteiger partial charge in [0.05, 0.1) is 34.7 Å². The van der Waals surface area contributed by atoms with E-state index in [1.807, 2.05) is 31.3 Å². The quantitative estimate of drug-likeness (QED) is 0.0952. The number of aryl methyl sites for hydroxylation is 1. The van der Waals surface area contributed by atoms with Crippen molar-refractivity contribution in [3.05, 3.63) is 137 Å². The van der Waals surface area contributed by atoms with Crippen LogP contribution < -0.4 is 25.8 Å². The molecule has 4 aromatic rings. The SMILES string of the molecule is C/C=C1/CCN(c2ccc(CCN3CCN(c4ccc(Nc5cc(-c6ccc(CNC(=C/C)/C(=N/C(=C\CC)C(C)(C)C)C7CC7)c(C)c6)ncn5)nc4)CC3)cc2F)/C(=C/CC)N1. The van der Waals surface area contributed by atoms with Gasteiger partial charge in [0.25, 0.3) is 0 Å². The summed E-state index contributed by atoms with van der Waals surface area (Å²) in [5.41, 5.74) is 11.8. The first kappa shape index (κ1) is 46.2. The number of halogens is 1. The van der Waals surface area contributed by atoms with Gasteiger partial charge in [-0.15, -0.1) is 0 Å². The molecule has 3 fully saturated rings. The molecule has 0 bridgehead atoms. The van der Waals surface area contributed by atoms with E-state index in [-0.39, 0.29) is 11.2 Å². The van der Waals surface area contributed by atoms with E-state index >= 15 is 4.39 Å². The number of anilines is 4. The van der Waals surface area contributed by atoms with E-state index in [4.69, 9.17) is 9.98 Å². The van der Waals surface area contributed by atoms with E-state index in [0.717, 1.165) is 117 Å². The molecule has 7 rings (SSSR count). The smallest absolute Gasteiger partial charge is 0.147 e. The molecule has 2 aromatic heterocycles. The first-order chi connectivity index (χ1) is 31.0. The first-order valence-electron chi connectivity index (χ1n) is 23.5. The summed E-state index contributed by atoms with van der Waals surface area (Å²) in [6.07, 6.45) is 18.1. The second-order valence-electron chi connectivity index (χ2n) is 18.2. The minimum absolute atomic E-state index is 0.00108. The van der Waals surface area contributed by atoms with Crippen LogP contribution in [0.2, 0.25) is 0 Å². The van der Waals surface area contributed by atoms with Crippen molar-refractivity contribution in [2.24, 2.45) is 16.3 Å². The Bertz CT molecular complexity index is 2380. The summed E-state index contributed by atoms with van der Waals surface area (Å²) in [7, 11) is 0. The molecule has 0 unspecified atom stereocenters. The number of hydrogen-bond acceptors (Lipinski definition) is 10. The number of hydrogen-bond donors (Lipinski definition) is 3. The van der Waals surface area contributed by atoms with Crippen molar-refractivity contribution in [3.63, 3.8) is 0 Å². The zero-order chi connectivity index (χ0) is 45.2. The zero-order valence-electron chi connectivity index (χ0n) is 39.4. The lowest BCUT2D eigenvalue weighted by atomic mass is 9.91. The van der Waals surface area contributed by atoms with Crippen LogP contribution in [0.1, 0.15) is 97.3 Å². The highest BCUT2D eigenvalue weighted by Gasteiger charge is 2.31. The second-order valence-corrected chi connectivity index (χ2v) is 18.2. The Balaban J connectivity index is 0.894. The molecule has 2 aliphatic heterocycles. The van der Waals surface area contributed by atoms with E-state index in [1.54, 1.807) is 12.4 Å². The standard InChI is InChI=1S/C53H69FN10/c1-9-13-48(53(6,7)8)60-52(39-16-17-39)45(12-4)55-34-41-19-18-40(31-37(41)5)46-33-50(58-36-57-46)61-49-22-20-43(35-56-49)63-29-27-62(28-30-63)25-23-38-15-21-47(44(54)32-38)64-26-24-42(11-3)59-51(64)14-10-2/h11-15,18-22,31-33,35-36,39,55,59H,9-10,16-17,23-30,34H2,1-8H3,(H,56,57,58,61)/b42-11-,45-12+,48-13-,51-14+,60-52+. The fraction of sp³-hybridized carbons (Fsp3) is 0.434. The molecular weight excluding hydrogens is 796 g/mol. The summed E-state index contributed by atoms with van der Waals surface area (Å²) >= 11 is 0. The van der Waals surface area contributed by atoms with Gasteiger partial charge in [-0.3, -0.25) is 9.89 Å². The fourth-order valence-electron chi connectivity index (χ4n) is 8.43. The molecule has 3 aliphatic rings. The number of nitrogens with one attached hydrogen (secondary N) is 3. The van der Waals surface area contributed by atoms with Crippen molar-refractivity contribution in [2.75, 3.05) is 54.4 Å². The zero-order valence-corrected chi connectivity index (χ0v) is 39.4. The highest BCUT2D eigenvalue weighted by atomic mass is 19.1. The molecular formula is C53H69FN10. The van der Waals surface area contributed by atoms with Gasteiger partial charge in [0.15, 0.2) is 0 Å². The summed E-state index contributed by atoms with van der Waals surface area (Å²) in [5, 5.41) is 10.6. The van der Waals surface area contributed by atoms with E-state index in [9.17, 15) is 0 Å². The van der Waals surface area contributed by atoms with Gasteiger partial charge in [0.1, 0.15) is 29.6 Å². The van der Waals surface area contributed by atoms with Crippen LogP contribution in [0.4, 0.5) is 27.4 Å². The number of aromatic nitrogens is 3. The number of pyridine rings is 1. The maximum Gasteiger partial charge on any atom is 0.147 e. The molecule has 4 heterocycles. The number of piperazine rings is 1. The minimum atomic E-state index is -0.164.